The molecule has 0 spiro atoms. The van der Waals surface area contributed by atoms with E-state index < -0.39 is 18.3 Å². The van der Waals surface area contributed by atoms with Crippen molar-refractivity contribution in [1.82, 2.24) is 0 Å². The van der Waals surface area contributed by atoms with Crippen molar-refractivity contribution in [3.05, 3.63) is 11.6 Å². The van der Waals surface area contributed by atoms with Crippen LogP contribution in [0.25, 0.3) is 0 Å². The molecule has 0 aliphatic heterocycles. The fourth-order valence-electron chi connectivity index (χ4n) is 3.11. The fourth-order valence-corrected chi connectivity index (χ4v) is 3.11. The molecule has 4 N–H and O–H groups in total. The number of rotatable bonds is 13. The molecule has 0 aromatic rings. The lowest BCUT2D eigenvalue weighted by atomic mass is 9.76. The maximum atomic E-state index is 12.2. The van der Waals surface area contributed by atoms with Crippen LogP contribution in [0.2, 0.25) is 0 Å². The number of primary amides is 2. The van der Waals surface area contributed by atoms with Crippen molar-refractivity contribution in [2.45, 2.75) is 72.8 Å². The Labute approximate surface area is 167 Å². The van der Waals surface area contributed by atoms with Crippen LogP contribution in [0.4, 0.5) is 9.59 Å². The summed E-state index contributed by atoms with van der Waals surface area (Å²) in [5, 5.41) is 0. The van der Waals surface area contributed by atoms with E-state index in [2.05, 4.69) is 6.92 Å². The smallest absolute Gasteiger partial charge is 0.404 e. The first-order valence-electron chi connectivity index (χ1n) is 9.68. The lowest BCUT2D eigenvalue weighted by molar-refractivity contribution is -0.152. The van der Waals surface area contributed by atoms with Gasteiger partial charge < -0.3 is 25.7 Å². The molecule has 0 saturated heterocycles. The first-order chi connectivity index (χ1) is 13.0. The van der Waals surface area contributed by atoms with Gasteiger partial charge in [-0.1, -0.05) is 33.3 Å². The zero-order chi connectivity index (χ0) is 21.7. The minimum absolute atomic E-state index is 0.0877. The van der Waals surface area contributed by atoms with Gasteiger partial charge in [0.15, 0.2) is 0 Å². The third-order valence-electron chi connectivity index (χ3n) is 4.71. The van der Waals surface area contributed by atoms with E-state index in [4.69, 9.17) is 25.7 Å². The summed E-state index contributed by atoms with van der Waals surface area (Å²) >= 11 is 0. The van der Waals surface area contributed by atoms with E-state index in [0.717, 1.165) is 25.7 Å². The van der Waals surface area contributed by atoms with Crippen molar-refractivity contribution in [3.8, 4) is 0 Å². The number of esters is 1. The monoisotopic (exact) mass is 400 g/mol. The van der Waals surface area contributed by atoms with Crippen LogP contribution in [0, 0.1) is 11.3 Å². The van der Waals surface area contributed by atoms with Crippen LogP contribution < -0.4 is 11.5 Å². The second kappa shape index (κ2) is 13.0. The number of allylic oxidation sites excluding steroid dienone is 1. The van der Waals surface area contributed by atoms with Crippen LogP contribution in [0.5, 0.6) is 0 Å². The first-order valence-corrected chi connectivity index (χ1v) is 9.68. The van der Waals surface area contributed by atoms with Crippen LogP contribution >= 0.6 is 0 Å². The molecule has 0 aromatic carbocycles. The van der Waals surface area contributed by atoms with Crippen molar-refractivity contribution in [3.63, 3.8) is 0 Å². The normalized spacial score (nSPS) is 14.1. The van der Waals surface area contributed by atoms with Crippen LogP contribution in [-0.4, -0.2) is 37.5 Å². The predicted molar refractivity (Wildman–Crippen MR) is 106 cm³/mol. The van der Waals surface area contributed by atoms with E-state index in [1.54, 1.807) is 19.9 Å². The number of carbonyl (C=O) groups is 3. The average Bonchev–Trinajstić information content (AvgIpc) is 2.58. The van der Waals surface area contributed by atoms with Gasteiger partial charge in [-0.2, -0.15) is 0 Å². The average molecular weight is 401 g/mol. The molecule has 2 atom stereocenters. The van der Waals surface area contributed by atoms with Gasteiger partial charge in [0.2, 0.25) is 0 Å². The molecule has 0 aliphatic rings. The Kier molecular flexibility index (Phi) is 12.0. The molecule has 8 heteroatoms. The zero-order valence-electron chi connectivity index (χ0n) is 17.8. The molecule has 0 aromatic heterocycles. The largest absolute Gasteiger partial charge is 0.458 e. The summed E-state index contributed by atoms with van der Waals surface area (Å²) in [5.41, 5.74) is 10.2. The Balaban J connectivity index is 4.79. The van der Waals surface area contributed by atoms with Gasteiger partial charge >= 0.3 is 18.2 Å². The standard InChI is InChI=1S/C20H36N2O6/c1-6-15(3)17(23)28-16(10-12-27-19(22)25)20(4,5)13-14(2)9-7-8-11-26-18(21)24/h6,14,16H,7-13H2,1-5H3,(H2,21,24)(H2,22,25). The zero-order valence-corrected chi connectivity index (χ0v) is 17.8. The van der Waals surface area contributed by atoms with Crippen molar-refractivity contribution in [2.75, 3.05) is 13.2 Å². The Hall–Kier alpha value is -2.25. The molecule has 0 heterocycles. The summed E-state index contributed by atoms with van der Waals surface area (Å²) in [7, 11) is 0. The fraction of sp³-hybridized carbons (Fsp3) is 0.750. The summed E-state index contributed by atoms with van der Waals surface area (Å²) in [5.74, 6) is -0.0134. The molecule has 0 rings (SSSR count). The predicted octanol–water partition coefficient (Wildman–Crippen LogP) is 3.67. The van der Waals surface area contributed by atoms with Crippen LogP contribution in [0.15, 0.2) is 11.6 Å². The molecule has 0 saturated carbocycles. The summed E-state index contributed by atoms with van der Waals surface area (Å²) in [4.78, 5) is 33.6. The molecular weight excluding hydrogens is 364 g/mol. The van der Waals surface area contributed by atoms with E-state index in [-0.39, 0.29) is 18.0 Å². The van der Waals surface area contributed by atoms with Gasteiger partial charge in [-0.3, -0.25) is 0 Å². The highest BCUT2D eigenvalue weighted by Crippen LogP contribution is 2.35. The van der Waals surface area contributed by atoms with Gasteiger partial charge in [0.1, 0.15) is 6.10 Å². The van der Waals surface area contributed by atoms with E-state index >= 15 is 0 Å². The maximum Gasteiger partial charge on any atom is 0.404 e. The highest BCUT2D eigenvalue weighted by Gasteiger charge is 2.34. The molecule has 2 unspecified atom stereocenters. The molecule has 0 bridgehead atoms. The van der Waals surface area contributed by atoms with Crippen molar-refractivity contribution in [1.29, 1.82) is 0 Å². The Morgan fingerprint density at radius 3 is 2.11 bits per heavy atom. The van der Waals surface area contributed by atoms with Crippen molar-refractivity contribution >= 4 is 18.2 Å². The molecular formula is C20H36N2O6. The number of nitrogens with two attached hydrogens (primary N) is 2. The molecule has 2 amide bonds. The summed E-state index contributed by atoms with van der Waals surface area (Å²) < 4.78 is 15.3. The van der Waals surface area contributed by atoms with Crippen LogP contribution in [0.3, 0.4) is 0 Å². The van der Waals surface area contributed by atoms with Gasteiger partial charge in [0.25, 0.3) is 0 Å². The second-order valence-corrected chi connectivity index (χ2v) is 7.78. The SMILES string of the molecule is CC=C(C)C(=O)OC(CCOC(N)=O)C(C)(C)CC(C)CCCCOC(N)=O. The number of hydrogen-bond acceptors (Lipinski definition) is 6. The number of unbranched alkanes of at least 4 members (excludes halogenated alkanes) is 1. The maximum absolute atomic E-state index is 12.2. The van der Waals surface area contributed by atoms with Crippen LogP contribution in [-0.2, 0) is 19.0 Å². The number of ether oxygens (including phenoxy) is 3. The van der Waals surface area contributed by atoms with Crippen molar-refractivity contribution in [2.24, 2.45) is 22.8 Å². The minimum atomic E-state index is -0.848. The Morgan fingerprint density at radius 1 is 1.00 bits per heavy atom. The molecule has 8 nitrogen and oxygen atoms in total. The summed E-state index contributed by atoms with van der Waals surface area (Å²) in [6.07, 6.45) is 3.45. The van der Waals surface area contributed by atoms with Gasteiger partial charge in [-0.25, -0.2) is 14.4 Å². The quantitative estimate of drug-likeness (QED) is 0.210. The molecule has 0 fully saturated rings. The van der Waals surface area contributed by atoms with E-state index in [1.807, 2.05) is 13.8 Å². The minimum Gasteiger partial charge on any atom is -0.458 e. The molecule has 28 heavy (non-hydrogen) atoms. The Bertz CT molecular complexity index is 545. The van der Waals surface area contributed by atoms with Crippen molar-refractivity contribution < 1.29 is 28.6 Å². The number of hydrogen-bond donors (Lipinski definition) is 2. The lowest BCUT2D eigenvalue weighted by Crippen LogP contribution is -2.37. The first kappa shape index (κ1) is 25.8. The van der Waals surface area contributed by atoms with E-state index in [0.29, 0.717) is 24.5 Å². The molecule has 0 aliphatic carbocycles. The van der Waals surface area contributed by atoms with Gasteiger partial charge in [-0.05, 0) is 39.0 Å². The highest BCUT2D eigenvalue weighted by atomic mass is 16.6. The van der Waals surface area contributed by atoms with Gasteiger partial charge in [0, 0.05) is 17.4 Å². The van der Waals surface area contributed by atoms with Gasteiger partial charge in [-0.15, -0.1) is 0 Å². The highest BCUT2D eigenvalue weighted by molar-refractivity contribution is 5.87. The molecule has 162 valence electrons. The number of amides is 2. The lowest BCUT2D eigenvalue weighted by Gasteiger charge is -2.36. The third kappa shape index (κ3) is 11.5. The summed E-state index contributed by atoms with van der Waals surface area (Å²) in [6.45, 7) is 10.1. The second-order valence-electron chi connectivity index (χ2n) is 7.78. The van der Waals surface area contributed by atoms with Crippen LogP contribution in [0.1, 0.15) is 66.7 Å². The molecule has 0 radical (unpaired) electrons. The number of carbonyl (C=O) groups excluding carboxylic acids is 3. The topological polar surface area (TPSA) is 131 Å². The van der Waals surface area contributed by atoms with Gasteiger partial charge in [0.05, 0.1) is 13.2 Å². The third-order valence-corrected chi connectivity index (χ3v) is 4.71. The summed E-state index contributed by atoms with van der Waals surface area (Å²) in [6, 6.07) is 0. The van der Waals surface area contributed by atoms with E-state index in [9.17, 15) is 14.4 Å². The van der Waals surface area contributed by atoms with E-state index in [1.165, 1.54) is 0 Å². The Morgan fingerprint density at radius 2 is 1.57 bits per heavy atom.